The molecule has 3 aliphatic rings. The molecule has 216 valence electrons. The van der Waals surface area contributed by atoms with Gasteiger partial charge >= 0.3 is 6.01 Å². The number of nitrogens with one attached hydrogen (secondary N) is 1. The summed E-state index contributed by atoms with van der Waals surface area (Å²) in [5, 5.41) is 15.5. The minimum Gasteiger partial charge on any atom is -0.508 e. The summed E-state index contributed by atoms with van der Waals surface area (Å²) < 4.78 is 21.1. The van der Waals surface area contributed by atoms with Crippen molar-refractivity contribution in [1.82, 2.24) is 25.2 Å². The summed E-state index contributed by atoms with van der Waals surface area (Å²) in [7, 11) is 4.14. The molecule has 4 heterocycles. The Morgan fingerprint density at radius 2 is 1.90 bits per heavy atom. The third kappa shape index (κ3) is 4.87. The van der Waals surface area contributed by atoms with Gasteiger partial charge in [0, 0.05) is 48.1 Å². The van der Waals surface area contributed by atoms with Crippen LogP contribution in [0.1, 0.15) is 31.2 Å². The van der Waals surface area contributed by atoms with Crippen molar-refractivity contribution in [2.75, 3.05) is 45.2 Å². The first-order valence-electron chi connectivity index (χ1n) is 14.3. The van der Waals surface area contributed by atoms with Gasteiger partial charge in [0.05, 0.1) is 17.7 Å². The fraction of sp³-hybridized carbons (Fsp3) is 0.406. The topological polar surface area (TPSA) is 86.6 Å². The zero-order chi connectivity index (χ0) is 29.2. The Morgan fingerprint density at radius 3 is 2.60 bits per heavy atom. The van der Waals surface area contributed by atoms with Gasteiger partial charge in [-0.05, 0) is 75.0 Å². The second-order valence-corrected chi connectivity index (χ2v) is 12.6. The van der Waals surface area contributed by atoms with E-state index in [1.54, 1.807) is 12.1 Å². The van der Waals surface area contributed by atoms with E-state index in [1.165, 1.54) is 12.1 Å². The summed E-state index contributed by atoms with van der Waals surface area (Å²) in [5.41, 5.74) is 2.28. The third-order valence-electron chi connectivity index (χ3n) is 8.70. The largest absolute Gasteiger partial charge is 0.508 e. The Morgan fingerprint density at radius 1 is 1.14 bits per heavy atom. The van der Waals surface area contributed by atoms with E-state index in [0.29, 0.717) is 63.5 Å². The lowest BCUT2D eigenvalue weighted by Crippen LogP contribution is -2.51. The van der Waals surface area contributed by atoms with Crippen molar-refractivity contribution in [2.24, 2.45) is 5.41 Å². The van der Waals surface area contributed by atoms with Crippen LogP contribution in [-0.4, -0.2) is 77.4 Å². The van der Waals surface area contributed by atoms with Crippen LogP contribution in [-0.2, 0) is 0 Å². The molecule has 2 aromatic heterocycles. The number of phenolic OH excluding ortho intramolecular Hbond substituents is 1. The van der Waals surface area contributed by atoms with Crippen molar-refractivity contribution in [3.05, 3.63) is 46.9 Å². The number of pyridine rings is 1. The first-order chi connectivity index (χ1) is 20.2. The van der Waals surface area contributed by atoms with Crippen LogP contribution in [0.25, 0.3) is 32.9 Å². The predicted molar refractivity (Wildman–Crippen MR) is 163 cm³/mol. The van der Waals surface area contributed by atoms with Gasteiger partial charge in [-0.25, -0.2) is 9.37 Å². The lowest BCUT2D eigenvalue weighted by Gasteiger charge is -2.34. The van der Waals surface area contributed by atoms with E-state index >= 15 is 0 Å². The van der Waals surface area contributed by atoms with Crippen LogP contribution in [0.4, 0.5) is 10.2 Å². The van der Waals surface area contributed by atoms with Crippen molar-refractivity contribution in [1.29, 1.82) is 0 Å². The predicted octanol–water partition coefficient (Wildman–Crippen LogP) is 4.99. The number of aromatic nitrogens is 3. The number of anilines is 1. The Labute approximate surface area is 248 Å². The van der Waals surface area contributed by atoms with Gasteiger partial charge in [-0.3, -0.25) is 0 Å². The Balaban J connectivity index is 1.38. The molecule has 2 aromatic carbocycles. The standard InChI is InChI=1S/C32H32ClFN6O2/c1-4-22-25(34)8-5-18-11-21(41)12-23(27(18)22)24-13-26-28(37-29(24)33)30(40-14-19-6-7-20(15-40)35-19)38-31(36-26)42-17-32(9-10-32)16-39(2)3/h1,5,8,11-13,19-20,35,41H,6-7,9-10,14-17H2,2-3H3. The van der Waals surface area contributed by atoms with Crippen LogP contribution in [0.15, 0.2) is 30.3 Å². The quantitative estimate of drug-likeness (QED) is 0.232. The van der Waals surface area contributed by atoms with Crippen LogP contribution in [0.5, 0.6) is 11.8 Å². The van der Waals surface area contributed by atoms with Crippen LogP contribution in [0.2, 0.25) is 5.15 Å². The number of rotatable bonds is 7. The number of phenols is 1. The highest BCUT2D eigenvalue weighted by Crippen LogP contribution is 2.46. The second kappa shape index (κ2) is 10.2. The van der Waals surface area contributed by atoms with Crippen LogP contribution >= 0.6 is 11.6 Å². The van der Waals surface area contributed by atoms with Crippen molar-refractivity contribution < 1.29 is 14.2 Å². The molecule has 1 saturated carbocycles. The summed E-state index contributed by atoms with van der Waals surface area (Å²) in [6.45, 7) is 3.07. The minimum absolute atomic E-state index is 0.00237. The number of terminal acetylenes is 1. The van der Waals surface area contributed by atoms with Gasteiger partial charge in [-0.15, -0.1) is 6.42 Å². The van der Waals surface area contributed by atoms with Gasteiger partial charge in [-0.2, -0.15) is 9.97 Å². The fourth-order valence-electron chi connectivity index (χ4n) is 6.64. The normalized spacial score (nSPS) is 20.8. The van der Waals surface area contributed by atoms with E-state index in [4.69, 9.17) is 37.7 Å². The molecule has 2 N–H and O–H groups in total. The summed E-state index contributed by atoms with van der Waals surface area (Å²) >= 11 is 6.86. The molecule has 8 nitrogen and oxygen atoms in total. The molecule has 2 bridgehead atoms. The van der Waals surface area contributed by atoms with Gasteiger partial charge in [-0.1, -0.05) is 23.6 Å². The maximum absolute atomic E-state index is 14.8. The van der Waals surface area contributed by atoms with Gasteiger partial charge in [0.25, 0.3) is 0 Å². The van der Waals surface area contributed by atoms with E-state index in [0.717, 1.165) is 45.3 Å². The number of benzene rings is 2. The Kier molecular flexibility index (Phi) is 6.61. The molecular weight excluding hydrogens is 555 g/mol. The number of halogens is 2. The average Bonchev–Trinajstić information content (AvgIpc) is 3.64. The summed E-state index contributed by atoms with van der Waals surface area (Å²) in [6, 6.07) is 8.84. The lowest BCUT2D eigenvalue weighted by molar-refractivity contribution is 0.183. The zero-order valence-electron chi connectivity index (χ0n) is 23.6. The highest BCUT2D eigenvalue weighted by Gasteiger charge is 2.44. The van der Waals surface area contributed by atoms with Gasteiger partial charge in [0.15, 0.2) is 5.82 Å². The van der Waals surface area contributed by atoms with Crippen LogP contribution < -0.4 is 15.0 Å². The molecule has 1 aliphatic carbocycles. The van der Waals surface area contributed by atoms with Gasteiger partial charge in [0.2, 0.25) is 0 Å². The summed E-state index contributed by atoms with van der Waals surface area (Å²) in [5.74, 6) is 2.64. The molecule has 10 heteroatoms. The van der Waals surface area contributed by atoms with E-state index in [1.807, 2.05) is 6.07 Å². The lowest BCUT2D eigenvalue weighted by atomic mass is 9.94. The second-order valence-electron chi connectivity index (χ2n) is 12.3. The fourth-order valence-corrected chi connectivity index (χ4v) is 6.88. The molecule has 2 saturated heterocycles. The maximum Gasteiger partial charge on any atom is 0.319 e. The van der Waals surface area contributed by atoms with E-state index in [-0.39, 0.29) is 21.9 Å². The van der Waals surface area contributed by atoms with E-state index in [2.05, 4.69) is 35.1 Å². The average molecular weight is 587 g/mol. The van der Waals surface area contributed by atoms with Crippen molar-refractivity contribution in [3.63, 3.8) is 0 Å². The first kappa shape index (κ1) is 27.1. The molecule has 2 atom stereocenters. The molecule has 7 rings (SSSR count). The van der Waals surface area contributed by atoms with Crippen LogP contribution in [0, 0.1) is 23.6 Å². The van der Waals surface area contributed by atoms with Gasteiger partial charge in [0.1, 0.15) is 22.2 Å². The monoisotopic (exact) mass is 586 g/mol. The molecular formula is C32H32ClFN6O2. The molecule has 0 radical (unpaired) electrons. The Bertz CT molecular complexity index is 1760. The number of ether oxygens (including phenoxy) is 1. The zero-order valence-corrected chi connectivity index (χ0v) is 24.4. The Hall–Kier alpha value is -3.71. The molecule has 2 unspecified atom stereocenters. The van der Waals surface area contributed by atoms with Crippen molar-refractivity contribution >= 4 is 39.2 Å². The van der Waals surface area contributed by atoms with E-state index in [9.17, 15) is 9.50 Å². The van der Waals surface area contributed by atoms with Gasteiger partial charge < -0.3 is 25.0 Å². The highest BCUT2D eigenvalue weighted by atomic mass is 35.5. The van der Waals surface area contributed by atoms with Crippen molar-refractivity contribution in [2.45, 2.75) is 37.8 Å². The highest BCUT2D eigenvalue weighted by molar-refractivity contribution is 6.33. The third-order valence-corrected chi connectivity index (χ3v) is 8.99. The SMILES string of the molecule is C#Cc1c(F)ccc2cc(O)cc(-c3cc4nc(OCC5(CN(C)C)CC5)nc(N5CC6CCC(C5)N6)c4nc3Cl)c12. The number of hydrogen-bond donors (Lipinski definition) is 2. The molecule has 3 fully saturated rings. The minimum atomic E-state index is -0.526. The molecule has 42 heavy (non-hydrogen) atoms. The molecule has 0 amide bonds. The summed E-state index contributed by atoms with van der Waals surface area (Å²) in [4.78, 5) is 18.9. The van der Waals surface area contributed by atoms with Crippen LogP contribution in [0.3, 0.4) is 0 Å². The number of nitrogens with zero attached hydrogens (tertiary/aromatic N) is 5. The number of hydrogen-bond acceptors (Lipinski definition) is 8. The number of aromatic hydroxyl groups is 1. The molecule has 2 aliphatic heterocycles. The number of piperazine rings is 1. The molecule has 0 spiro atoms. The first-order valence-corrected chi connectivity index (χ1v) is 14.7. The molecule has 4 aromatic rings. The smallest absolute Gasteiger partial charge is 0.319 e. The maximum atomic E-state index is 14.8. The summed E-state index contributed by atoms with van der Waals surface area (Å²) in [6.07, 6.45) is 10.2. The number of fused-ring (bicyclic) bond motifs is 4. The van der Waals surface area contributed by atoms with E-state index < -0.39 is 5.82 Å². The van der Waals surface area contributed by atoms with Crippen molar-refractivity contribution in [3.8, 4) is 35.2 Å².